The zero-order valence-corrected chi connectivity index (χ0v) is 22.2. The standard InChI is InChI=1S/C23H22N4O3S2.Na/c1-3-27(15-17-7-6-8-19(14-17)32(28,29)30)18-11-12-20(16(2)13-18)25-26-23-24-21-9-4-5-10-22(21)31-23;/h4-14H,3,15H2,1-2H3,(H,28,29,30);/q;+1/p-1. The van der Waals surface area contributed by atoms with Crippen LogP contribution in [0.2, 0.25) is 0 Å². The molecule has 3 aromatic carbocycles. The van der Waals surface area contributed by atoms with Crippen LogP contribution in [0.15, 0.2) is 81.9 Å². The summed E-state index contributed by atoms with van der Waals surface area (Å²) in [5.41, 5.74) is 4.34. The van der Waals surface area contributed by atoms with Crippen LogP contribution in [0.5, 0.6) is 0 Å². The van der Waals surface area contributed by atoms with Gasteiger partial charge in [-0.2, -0.15) is 0 Å². The Balaban J connectivity index is 0.00000306. The van der Waals surface area contributed by atoms with E-state index in [1.807, 2.05) is 62.4 Å². The molecule has 10 heteroatoms. The fourth-order valence-electron chi connectivity index (χ4n) is 3.35. The number of nitrogens with zero attached hydrogens (tertiary/aromatic N) is 4. The molecule has 4 rings (SSSR count). The van der Waals surface area contributed by atoms with Gasteiger partial charge in [-0.3, -0.25) is 0 Å². The van der Waals surface area contributed by atoms with E-state index in [2.05, 4.69) is 20.1 Å². The second-order valence-corrected chi connectivity index (χ2v) is 9.64. The van der Waals surface area contributed by atoms with E-state index in [0.29, 0.717) is 18.2 Å². The summed E-state index contributed by atoms with van der Waals surface area (Å²) >= 11 is 1.49. The number of aryl methyl sites for hydroxylation is 1. The molecule has 33 heavy (non-hydrogen) atoms. The Bertz CT molecular complexity index is 1370. The van der Waals surface area contributed by atoms with Gasteiger partial charge in [0.05, 0.1) is 20.8 Å². The summed E-state index contributed by atoms with van der Waals surface area (Å²) in [6, 6.07) is 19.9. The van der Waals surface area contributed by atoms with E-state index >= 15 is 0 Å². The van der Waals surface area contributed by atoms with Crippen LogP contribution in [0, 0.1) is 6.92 Å². The third-order valence-corrected chi connectivity index (χ3v) is 6.77. The van der Waals surface area contributed by atoms with E-state index in [4.69, 9.17) is 0 Å². The van der Waals surface area contributed by atoms with Gasteiger partial charge in [0.15, 0.2) is 0 Å². The fraction of sp³-hybridized carbons (Fsp3) is 0.174. The second-order valence-electron chi connectivity index (χ2n) is 7.25. The summed E-state index contributed by atoms with van der Waals surface area (Å²) in [7, 11) is -4.48. The Kier molecular flexibility index (Phi) is 8.38. The molecule has 0 bridgehead atoms. The van der Waals surface area contributed by atoms with Crippen LogP contribution in [0.25, 0.3) is 10.2 Å². The monoisotopic (exact) mass is 488 g/mol. The Hall–Kier alpha value is -2.14. The van der Waals surface area contributed by atoms with Gasteiger partial charge in [-0.05, 0) is 67.4 Å². The molecule has 4 aromatic rings. The van der Waals surface area contributed by atoms with Gasteiger partial charge in [-0.25, -0.2) is 13.4 Å². The van der Waals surface area contributed by atoms with Crippen molar-refractivity contribution < 1.29 is 42.5 Å². The molecule has 0 radical (unpaired) electrons. The maximum atomic E-state index is 11.3. The predicted molar refractivity (Wildman–Crippen MR) is 126 cm³/mol. The fourth-order valence-corrected chi connectivity index (χ4v) is 4.68. The molecule has 0 spiro atoms. The Morgan fingerprint density at radius 1 is 1.03 bits per heavy atom. The maximum Gasteiger partial charge on any atom is 1.00 e. The molecule has 0 aliphatic rings. The number of anilines is 1. The molecule has 0 saturated carbocycles. The SMILES string of the molecule is CCN(Cc1cccc(S(=O)(=O)[O-])c1)c1ccc(N=Nc2nc3ccccc3s2)c(C)c1.[Na+]. The van der Waals surface area contributed by atoms with Crippen molar-refractivity contribution >= 4 is 48.2 Å². The van der Waals surface area contributed by atoms with Crippen molar-refractivity contribution in [1.29, 1.82) is 0 Å². The third kappa shape index (κ3) is 6.26. The summed E-state index contributed by atoms with van der Waals surface area (Å²) in [5.74, 6) is 0. The smallest absolute Gasteiger partial charge is 0.744 e. The Morgan fingerprint density at radius 2 is 1.82 bits per heavy atom. The summed E-state index contributed by atoms with van der Waals surface area (Å²) < 4.78 is 35.0. The first kappa shape index (κ1) is 25.5. The van der Waals surface area contributed by atoms with Crippen LogP contribution in [0.4, 0.5) is 16.5 Å². The minimum absolute atomic E-state index is 0. The van der Waals surface area contributed by atoms with Gasteiger partial charge in [-0.1, -0.05) is 35.6 Å². The number of fused-ring (bicyclic) bond motifs is 1. The largest absolute Gasteiger partial charge is 1.00 e. The van der Waals surface area contributed by atoms with Crippen molar-refractivity contribution in [2.45, 2.75) is 25.3 Å². The molecule has 164 valence electrons. The van der Waals surface area contributed by atoms with Gasteiger partial charge in [-0.15, -0.1) is 10.2 Å². The topological polar surface area (TPSA) is 98.0 Å². The van der Waals surface area contributed by atoms with Crippen molar-refractivity contribution in [2.75, 3.05) is 11.4 Å². The average Bonchev–Trinajstić information content (AvgIpc) is 3.19. The number of rotatable bonds is 7. The molecule has 0 N–H and O–H groups in total. The second kappa shape index (κ2) is 10.9. The number of thiazole rings is 1. The quantitative estimate of drug-likeness (QED) is 0.226. The van der Waals surface area contributed by atoms with E-state index < -0.39 is 10.1 Å². The number of aromatic nitrogens is 1. The van der Waals surface area contributed by atoms with E-state index in [1.54, 1.807) is 6.07 Å². The van der Waals surface area contributed by atoms with Crippen molar-refractivity contribution in [3.8, 4) is 0 Å². The molecule has 1 aromatic heterocycles. The van der Waals surface area contributed by atoms with Gasteiger partial charge >= 0.3 is 29.6 Å². The van der Waals surface area contributed by atoms with Crippen molar-refractivity contribution in [3.63, 3.8) is 0 Å². The summed E-state index contributed by atoms with van der Waals surface area (Å²) in [4.78, 5) is 6.35. The first-order valence-corrected chi connectivity index (χ1v) is 12.2. The van der Waals surface area contributed by atoms with Crippen LogP contribution < -0.4 is 34.5 Å². The molecule has 0 unspecified atom stereocenters. The zero-order chi connectivity index (χ0) is 22.7. The van der Waals surface area contributed by atoms with Crippen LogP contribution in [0.1, 0.15) is 18.1 Å². The molecule has 1 heterocycles. The zero-order valence-electron chi connectivity index (χ0n) is 18.6. The summed E-state index contributed by atoms with van der Waals surface area (Å²) in [5, 5.41) is 9.28. The summed E-state index contributed by atoms with van der Waals surface area (Å²) in [6.07, 6.45) is 0. The molecule has 0 fully saturated rings. The van der Waals surface area contributed by atoms with Gasteiger partial charge in [0.1, 0.15) is 10.1 Å². The van der Waals surface area contributed by atoms with Crippen LogP contribution in [-0.4, -0.2) is 24.5 Å². The van der Waals surface area contributed by atoms with E-state index in [0.717, 1.165) is 32.7 Å². The first-order valence-electron chi connectivity index (χ1n) is 10.0. The van der Waals surface area contributed by atoms with Gasteiger partial charge in [0.25, 0.3) is 0 Å². The van der Waals surface area contributed by atoms with Crippen molar-refractivity contribution in [1.82, 2.24) is 4.98 Å². The summed E-state index contributed by atoms with van der Waals surface area (Å²) in [6.45, 7) is 5.17. The predicted octanol–water partition coefficient (Wildman–Crippen LogP) is 2.95. The van der Waals surface area contributed by atoms with Gasteiger partial charge in [0.2, 0.25) is 5.13 Å². The maximum absolute atomic E-state index is 11.3. The number of benzene rings is 3. The van der Waals surface area contributed by atoms with Crippen LogP contribution in [0.3, 0.4) is 0 Å². The third-order valence-electron chi connectivity index (χ3n) is 5.01. The molecule has 0 saturated heterocycles. The number of para-hydroxylation sites is 1. The van der Waals surface area contributed by atoms with E-state index in [1.165, 1.54) is 23.5 Å². The minimum atomic E-state index is -4.48. The van der Waals surface area contributed by atoms with Crippen molar-refractivity contribution in [2.24, 2.45) is 10.2 Å². The minimum Gasteiger partial charge on any atom is -0.744 e. The van der Waals surface area contributed by atoms with Gasteiger partial charge < -0.3 is 9.45 Å². The van der Waals surface area contributed by atoms with Gasteiger partial charge in [0, 0.05) is 18.8 Å². The normalized spacial score (nSPS) is 11.6. The number of hydrogen-bond acceptors (Lipinski definition) is 8. The van der Waals surface area contributed by atoms with E-state index in [-0.39, 0.29) is 34.5 Å². The Morgan fingerprint density at radius 3 is 2.52 bits per heavy atom. The number of azo groups is 1. The molecule has 0 atom stereocenters. The molecule has 7 nitrogen and oxygen atoms in total. The molecule has 0 amide bonds. The first-order chi connectivity index (χ1) is 15.3. The molecule has 0 aliphatic carbocycles. The average molecular weight is 489 g/mol. The Labute approximate surface area is 219 Å². The molecule has 0 aliphatic heterocycles. The van der Waals surface area contributed by atoms with Crippen LogP contribution in [-0.2, 0) is 16.7 Å². The van der Waals surface area contributed by atoms with Crippen molar-refractivity contribution in [3.05, 3.63) is 77.9 Å². The molecular weight excluding hydrogens is 467 g/mol. The number of hydrogen-bond donors (Lipinski definition) is 0. The molecular formula is C23H21N4NaO3S2. The van der Waals surface area contributed by atoms with Crippen LogP contribution >= 0.6 is 11.3 Å². The van der Waals surface area contributed by atoms with E-state index in [9.17, 15) is 13.0 Å².